The summed E-state index contributed by atoms with van der Waals surface area (Å²) in [5.74, 6) is -0.382. The van der Waals surface area contributed by atoms with Gasteiger partial charge in [-0.05, 0) is 26.0 Å². The molecule has 0 saturated heterocycles. The number of thioether (sulfide) groups is 1. The zero-order valence-electron chi connectivity index (χ0n) is 10.1. The highest BCUT2D eigenvalue weighted by molar-refractivity contribution is 8.00. The Bertz CT molecular complexity index is 442. The molecular weight excluding hydrogens is 274 g/mol. The van der Waals surface area contributed by atoms with Gasteiger partial charge in [-0.1, -0.05) is 23.4 Å². The van der Waals surface area contributed by atoms with E-state index in [0.29, 0.717) is 16.6 Å². The van der Waals surface area contributed by atoms with Crippen LogP contribution in [0.2, 0.25) is 5.02 Å². The third kappa shape index (κ3) is 4.54. The van der Waals surface area contributed by atoms with Crippen LogP contribution in [-0.4, -0.2) is 28.7 Å². The van der Waals surface area contributed by atoms with Gasteiger partial charge >= 0.3 is 6.03 Å². The van der Waals surface area contributed by atoms with Crippen molar-refractivity contribution in [3.63, 3.8) is 0 Å². The van der Waals surface area contributed by atoms with Crippen molar-refractivity contribution in [3.8, 4) is 0 Å². The van der Waals surface area contributed by atoms with E-state index in [0.717, 1.165) is 0 Å². The fourth-order valence-corrected chi connectivity index (χ4v) is 2.16. The van der Waals surface area contributed by atoms with Crippen molar-refractivity contribution in [1.29, 1.82) is 0 Å². The molecule has 1 aromatic rings. The Morgan fingerprint density at radius 2 is 2.28 bits per heavy atom. The van der Waals surface area contributed by atoms with Gasteiger partial charge in [0.2, 0.25) is 5.91 Å². The normalized spacial score (nSPS) is 11.7. The first-order chi connectivity index (χ1) is 8.54. The molecule has 18 heavy (non-hydrogen) atoms. The second-order valence-electron chi connectivity index (χ2n) is 3.40. The van der Waals surface area contributed by atoms with Crippen LogP contribution in [-0.2, 0) is 4.79 Å². The molecule has 0 aliphatic rings. The van der Waals surface area contributed by atoms with Crippen LogP contribution >= 0.6 is 23.4 Å². The van der Waals surface area contributed by atoms with E-state index in [1.165, 1.54) is 11.8 Å². The molecule has 0 radical (unpaired) electrons. The average Bonchev–Trinajstić information content (AvgIpc) is 2.32. The van der Waals surface area contributed by atoms with Gasteiger partial charge in [0, 0.05) is 12.7 Å². The number of nitrogens with one attached hydrogen (secondary N) is 2. The molecule has 0 bridgehead atoms. The lowest BCUT2D eigenvalue weighted by molar-refractivity contribution is -0.119. The molecule has 1 atom stereocenters. The van der Waals surface area contributed by atoms with Gasteiger partial charge in [0.15, 0.2) is 0 Å². The van der Waals surface area contributed by atoms with Gasteiger partial charge in [-0.2, -0.15) is 0 Å². The maximum atomic E-state index is 11.7. The Hall–Kier alpha value is -1.27. The fraction of sp³-hybridized carbons (Fsp3) is 0.364. The third-order valence-electron chi connectivity index (χ3n) is 1.96. The number of nitrogens with zero attached hydrogens (tertiary/aromatic N) is 1. The van der Waals surface area contributed by atoms with Crippen molar-refractivity contribution in [2.75, 3.05) is 6.54 Å². The Morgan fingerprint density at radius 3 is 2.89 bits per heavy atom. The van der Waals surface area contributed by atoms with E-state index in [-0.39, 0.29) is 5.91 Å². The molecule has 98 valence electrons. The highest BCUT2D eigenvalue weighted by Crippen LogP contribution is 2.27. The van der Waals surface area contributed by atoms with Crippen LogP contribution < -0.4 is 10.6 Å². The minimum absolute atomic E-state index is 0.382. The molecule has 5 nitrogen and oxygen atoms in total. The molecule has 0 aliphatic carbocycles. The topological polar surface area (TPSA) is 71.1 Å². The van der Waals surface area contributed by atoms with E-state index < -0.39 is 11.3 Å². The Morgan fingerprint density at radius 1 is 1.56 bits per heavy atom. The van der Waals surface area contributed by atoms with Crippen molar-refractivity contribution in [3.05, 3.63) is 23.4 Å². The Labute approximate surface area is 115 Å². The summed E-state index contributed by atoms with van der Waals surface area (Å²) in [6.45, 7) is 3.92. The average molecular weight is 288 g/mol. The minimum Gasteiger partial charge on any atom is -0.338 e. The number of amides is 3. The molecule has 2 N–H and O–H groups in total. The van der Waals surface area contributed by atoms with E-state index in [4.69, 9.17) is 11.6 Å². The number of pyridine rings is 1. The number of urea groups is 1. The fourth-order valence-electron chi connectivity index (χ4n) is 1.10. The van der Waals surface area contributed by atoms with E-state index in [1.54, 1.807) is 32.2 Å². The van der Waals surface area contributed by atoms with Crippen molar-refractivity contribution in [2.24, 2.45) is 0 Å². The molecular formula is C11H14ClN3O2S. The zero-order chi connectivity index (χ0) is 13.5. The number of hydrogen-bond acceptors (Lipinski definition) is 4. The highest BCUT2D eigenvalue weighted by atomic mass is 35.5. The standard InChI is InChI=1S/C11H14ClN3O2S/c1-3-13-11(17)15-9(16)7(2)18-10-8(12)5-4-6-14-10/h4-7H,3H2,1-2H3,(H2,13,15,16,17)/t7-/m1/s1. The second kappa shape index (κ2) is 7.23. The summed E-state index contributed by atoms with van der Waals surface area (Å²) in [4.78, 5) is 26.9. The lowest BCUT2D eigenvalue weighted by Gasteiger charge is -2.11. The van der Waals surface area contributed by atoms with Crippen molar-refractivity contribution >= 4 is 35.3 Å². The summed E-state index contributed by atoms with van der Waals surface area (Å²) < 4.78 is 0. The number of carbonyl (C=O) groups excluding carboxylic acids is 2. The van der Waals surface area contributed by atoms with E-state index >= 15 is 0 Å². The number of aromatic nitrogens is 1. The van der Waals surface area contributed by atoms with E-state index in [2.05, 4.69) is 15.6 Å². The third-order valence-corrected chi connectivity index (χ3v) is 3.49. The number of rotatable bonds is 4. The molecule has 1 aromatic heterocycles. The first kappa shape index (κ1) is 14.8. The summed E-state index contributed by atoms with van der Waals surface area (Å²) in [5.41, 5.74) is 0. The zero-order valence-corrected chi connectivity index (χ0v) is 11.6. The molecule has 0 spiro atoms. The van der Waals surface area contributed by atoms with Gasteiger partial charge in [0.05, 0.1) is 10.3 Å². The van der Waals surface area contributed by atoms with Gasteiger partial charge in [0.25, 0.3) is 0 Å². The van der Waals surface area contributed by atoms with Gasteiger partial charge < -0.3 is 5.32 Å². The van der Waals surface area contributed by atoms with Gasteiger partial charge in [0.1, 0.15) is 5.03 Å². The van der Waals surface area contributed by atoms with Crippen LogP contribution in [0.3, 0.4) is 0 Å². The Kier molecular flexibility index (Phi) is 5.94. The van der Waals surface area contributed by atoms with Crippen LogP contribution in [0.1, 0.15) is 13.8 Å². The SMILES string of the molecule is CCNC(=O)NC(=O)[C@@H](C)Sc1ncccc1Cl. The largest absolute Gasteiger partial charge is 0.338 e. The number of imide groups is 1. The molecule has 0 aromatic carbocycles. The number of halogens is 1. The van der Waals surface area contributed by atoms with Gasteiger partial charge in [-0.3, -0.25) is 10.1 Å². The van der Waals surface area contributed by atoms with Crippen LogP contribution in [0.5, 0.6) is 0 Å². The van der Waals surface area contributed by atoms with E-state index in [1.807, 2.05) is 0 Å². The molecule has 0 fully saturated rings. The summed E-state index contributed by atoms with van der Waals surface area (Å²) in [6, 6.07) is 2.92. The smallest absolute Gasteiger partial charge is 0.321 e. The van der Waals surface area contributed by atoms with Crippen LogP contribution in [0.15, 0.2) is 23.4 Å². The maximum absolute atomic E-state index is 11.7. The minimum atomic E-state index is -0.498. The first-order valence-corrected chi connectivity index (χ1v) is 6.66. The Balaban J connectivity index is 2.55. The predicted octanol–water partition coefficient (Wildman–Crippen LogP) is 2.06. The maximum Gasteiger partial charge on any atom is 0.321 e. The lowest BCUT2D eigenvalue weighted by atomic mass is 10.4. The van der Waals surface area contributed by atoms with Crippen LogP contribution in [0.25, 0.3) is 0 Å². The van der Waals surface area contributed by atoms with E-state index in [9.17, 15) is 9.59 Å². The molecule has 0 saturated carbocycles. The lowest BCUT2D eigenvalue weighted by Crippen LogP contribution is -2.42. The number of carbonyl (C=O) groups is 2. The predicted molar refractivity (Wildman–Crippen MR) is 71.8 cm³/mol. The molecule has 1 rings (SSSR count). The summed E-state index contributed by atoms with van der Waals surface area (Å²) in [5, 5.41) is 5.32. The van der Waals surface area contributed by atoms with Crippen LogP contribution in [0, 0.1) is 0 Å². The highest BCUT2D eigenvalue weighted by Gasteiger charge is 2.18. The van der Waals surface area contributed by atoms with Crippen molar-refractivity contribution in [1.82, 2.24) is 15.6 Å². The number of hydrogen-bond donors (Lipinski definition) is 2. The second-order valence-corrected chi connectivity index (χ2v) is 5.14. The summed E-state index contributed by atoms with van der Waals surface area (Å²) in [6.07, 6.45) is 1.60. The molecule has 7 heteroatoms. The summed E-state index contributed by atoms with van der Waals surface area (Å²) >= 11 is 7.14. The van der Waals surface area contributed by atoms with Gasteiger partial charge in [-0.15, -0.1) is 0 Å². The monoisotopic (exact) mass is 287 g/mol. The van der Waals surface area contributed by atoms with Gasteiger partial charge in [-0.25, -0.2) is 9.78 Å². The quantitative estimate of drug-likeness (QED) is 0.832. The molecule has 0 unspecified atom stereocenters. The van der Waals surface area contributed by atoms with Crippen molar-refractivity contribution in [2.45, 2.75) is 24.1 Å². The summed E-state index contributed by atoms with van der Waals surface area (Å²) in [7, 11) is 0. The molecule has 1 heterocycles. The molecule has 0 aliphatic heterocycles. The molecule has 3 amide bonds. The van der Waals surface area contributed by atoms with Crippen molar-refractivity contribution < 1.29 is 9.59 Å². The first-order valence-electron chi connectivity index (χ1n) is 5.40. The van der Waals surface area contributed by atoms with Crippen LogP contribution in [0.4, 0.5) is 4.79 Å².